The first-order valence-electron chi connectivity index (χ1n) is 3.49. The van der Waals surface area contributed by atoms with Gasteiger partial charge < -0.3 is 0 Å². The van der Waals surface area contributed by atoms with Crippen LogP contribution in [0.3, 0.4) is 0 Å². The van der Waals surface area contributed by atoms with Crippen LogP contribution in [0.25, 0.3) is 0 Å². The summed E-state index contributed by atoms with van der Waals surface area (Å²) in [5.41, 5.74) is 1.13. The standard InChI is InChI=1S/C7H8OS2/c8-7-5-3-1-2-4-6(5)9-10-7/h1-4H2. The maximum Gasteiger partial charge on any atom is 0.246 e. The van der Waals surface area contributed by atoms with Gasteiger partial charge in [0.2, 0.25) is 4.74 Å². The molecule has 0 aliphatic heterocycles. The molecule has 0 bridgehead atoms. The maximum atomic E-state index is 11.1. The second-order valence-corrected chi connectivity index (χ2v) is 4.76. The summed E-state index contributed by atoms with van der Waals surface area (Å²) in [6, 6.07) is 0. The molecule has 1 heterocycles. The summed E-state index contributed by atoms with van der Waals surface area (Å²) >= 11 is 0. The van der Waals surface area contributed by atoms with E-state index in [2.05, 4.69) is 0 Å². The Bertz CT molecular complexity index is 284. The highest BCUT2D eigenvalue weighted by Gasteiger charge is 2.13. The van der Waals surface area contributed by atoms with Crippen LogP contribution in [-0.2, 0) is 12.8 Å². The predicted molar refractivity (Wildman–Crippen MR) is 45.1 cm³/mol. The van der Waals surface area contributed by atoms with Crippen molar-refractivity contribution in [2.75, 3.05) is 0 Å². The maximum absolute atomic E-state index is 11.1. The average molecular weight is 172 g/mol. The quantitative estimate of drug-likeness (QED) is 0.547. The zero-order valence-corrected chi connectivity index (χ0v) is 7.19. The lowest BCUT2D eigenvalue weighted by atomic mass is 10.0. The molecular formula is C7H8OS2. The lowest BCUT2D eigenvalue weighted by Gasteiger charge is -2.06. The fraction of sp³-hybridized carbons (Fsp3) is 0.571. The SMILES string of the molecule is O=c1ssc2c1CCCC2. The first-order chi connectivity index (χ1) is 4.88. The molecule has 1 aliphatic carbocycles. The smallest absolute Gasteiger partial charge is 0.246 e. The highest BCUT2D eigenvalue weighted by atomic mass is 32.9. The first-order valence-corrected chi connectivity index (χ1v) is 5.64. The van der Waals surface area contributed by atoms with Crippen LogP contribution in [0.4, 0.5) is 0 Å². The largest absolute Gasteiger partial charge is 0.277 e. The van der Waals surface area contributed by atoms with Crippen molar-refractivity contribution < 1.29 is 0 Å². The van der Waals surface area contributed by atoms with Crippen molar-refractivity contribution >= 4 is 20.7 Å². The summed E-state index contributed by atoms with van der Waals surface area (Å²) in [6.45, 7) is 0. The summed E-state index contributed by atoms with van der Waals surface area (Å²) in [7, 11) is 3.09. The zero-order valence-electron chi connectivity index (χ0n) is 5.55. The van der Waals surface area contributed by atoms with E-state index >= 15 is 0 Å². The molecule has 1 aliphatic rings. The molecule has 54 valence electrons. The van der Waals surface area contributed by atoms with Crippen LogP contribution in [0.1, 0.15) is 23.3 Å². The van der Waals surface area contributed by atoms with Gasteiger partial charge in [-0.2, -0.15) is 0 Å². The molecule has 0 aromatic carbocycles. The van der Waals surface area contributed by atoms with Gasteiger partial charge in [0, 0.05) is 10.4 Å². The normalized spacial score (nSPS) is 16.8. The van der Waals surface area contributed by atoms with Gasteiger partial charge in [-0.05, 0) is 36.0 Å². The number of aryl methyl sites for hydroxylation is 1. The highest BCUT2D eigenvalue weighted by Crippen LogP contribution is 2.24. The Morgan fingerprint density at radius 2 is 1.90 bits per heavy atom. The van der Waals surface area contributed by atoms with Crippen LogP contribution in [-0.4, -0.2) is 0 Å². The molecule has 1 aromatic heterocycles. The van der Waals surface area contributed by atoms with Gasteiger partial charge in [0.1, 0.15) is 0 Å². The molecule has 0 amide bonds. The Morgan fingerprint density at radius 1 is 1.10 bits per heavy atom. The summed E-state index contributed by atoms with van der Waals surface area (Å²) in [4.78, 5) is 12.5. The molecule has 0 saturated heterocycles. The molecule has 0 N–H and O–H groups in total. The van der Waals surface area contributed by atoms with Gasteiger partial charge in [-0.15, -0.1) is 0 Å². The molecule has 0 unspecified atom stereocenters. The van der Waals surface area contributed by atoms with Gasteiger partial charge in [-0.25, -0.2) is 0 Å². The number of hydrogen-bond acceptors (Lipinski definition) is 3. The van der Waals surface area contributed by atoms with Gasteiger partial charge >= 0.3 is 0 Å². The highest BCUT2D eigenvalue weighted by molar-refractivity contribution is 7.68. The van der Waals surface area contributed by atoms with Crippen molar-refractivity contribution in [1.82, 2.24) is 0 Å². The van der Waals surface area contributed by atoms with Crippen LogP contribution >= 0.6 is 20.7 Å². The molecule has 10 heavy (non-hydrogen) atoms. The van der Waals surface area contributed by atoms with E-state index in [0.717, 1.165) is 18.4 Å². The van der Waals surface area contributed by atoms with E-state index in [9.17, 15) is 4.79 Å². The van der Waals surface area contributed by atoms with E-state index in [0.29, 0.717) is 4.74 Å². The number of hydrogen-bond donors (Lipinski definition) is 0. The van der Waals surface area contributed by atoms with Crippen LogP contribution in [0.5, 0.6) is 0 Å². The fourth-order valence-corrected chi connectivity index (χ4v) is 3.80. The minimum atomic E-state index is 0.319. The van der Waals surface area contributed by atoms with E-state index in [4.69, 9.17) is 0 Å². The average Bonchev–Trinajstić information content (AvgIpc) is 2.34. The Hall–Kier alpha value is -0.150. The van der Waals surface area contributed by atoms with Crippen LogP contribution in [0.2, 0.25) is 0 Å². The number of fused-ring (bicyclic) bond motifs is 1. The van der Waals surface area contributed by atoms with Gasteiger partial charge in [0.25, 0.3) is 0 Å². The van der Waals surface area contributed by atoms with Crippen molar-refractivity contribution in [3.8, 4) is 0 Å². The Kier molecular flexibility index (Phi) is 1.62. The topological polar surface area (TPSA) is 17.1 Å². The third-order valence-corrected chi connectivity index (χ3v) is 4.32. The molecule has 0 radical (unpaired) electrons. The molecular weight excluding hydrogens is 164 g/mol. The van der Waals surface area contributed by atoms with Crippen LogP contribution < -0.4 is 4.74 Å². The second-order valence-electron chi connectivity index (χ2n) is 2.56. The molecule has 2 rings (SSSR count). The van der Waals surface area contributed by atoms with Gasteiger partial charge in [-0.3, -0.25) is 4.79 Å². The van der Waals surface area contributed by atoms with Gasteiger partial charge in [0.05, 0.1) is 0 Å². The Morgan fingerprint density at radius 3 is 2.70 bits per heavy atom. The van der Waals surface area contributed by atoms with E-state index in [1.165, 1.54) is 28.1 Å². The Balaban J connectivity index is 2.55. The number of rotatable bonds is 0. The molecule has 0 saturated carbocycles. The monoisotopic (exact) mass is 172 g/mol. The lowest BCUT2D eigenvalue weighted by Crippen LogP contribution is -2.07. The molecule has 0 atom stereocenters. The summed E-state index contributed by atoms with van der Waals surface area (Å²) in [6.07, 6.45) is 4.68. The van der Waals surface area contributed by atoms with Crippen molar-refractivity contribution in [3.05, 3.63) is 20.0 Å². The minimum Gasteiger partial charge on any atom is -0.277 e. The van der Waals surface area contributed by atoms with Crippen molar-refractivity contribution in [3.63, 3.8) is 0 Å². The fourth-order valence-electron chi connectivity index (χ4n) is 1.32. The first kappa shape index (κ1) is 6.55. The minimum absolute atomic E-state index is 0.319. The van der Waals surface area contributed by atoms with Crippen LogP contribution in [0, 0.1) is 0 Å². The predicted octanol–water partition coefficient (Wildman–Crippen LogP) is 2.05. The van der Waals surface area contributed by atoms with Crippen molar-refractivity contribution in [2.45, 2.75) is 25.7 Å². The van der Waals surface area contributed by atoms with E-state index < -0.39 is 0 Å². The van der Waals surface area contributed by atoms with E-state index in [1.54, 1.807) is 10.3 Å². The van der Waals surface area contributed by atoms with Crippen molar-refractivity contribution in [1.29, 1.82) is 0 Å². The third kappa shape index (κ3) is 0.935. The van der Waals surface area contributed by atoms with Crippen LogP contribution in [0.15, 0.2) is 4.79 Å². The molecule has 0 spiro atoms. The van der Waals surface area contributed by atoms with Gasteiger partial charge in [-0.1, -0.05) is 10.3 Å². The summed E-state index contributed by atoms with van der Waals surface area (Å²) < 4.78 is 0.319. The third-order valence-electron chi connectivity index (χ3n) is 1.88. The Labute approximate surface area is 66.7 Å². The molecule has 0 fully saturated rings. The van der Waals surface area contributed by atoms with Gasteiger partial charge in [0.15, 0.2) is 0 Å². The van der Waals surface area contributed by atoms with E-state index in [-0.39, 0.29) is 0 Å². The summed E-state index contributed by atoms with van der Waals surface area (Å²) in [5.74, 6) is 0. The molecule has 3 heteroatoms. The van der Waals surface area contributed by atoms with E-state index in [1.807, 2.05) is 0 Å². The molecule has 1 aromatic rings. The summed E-state index contributed by atoms with van der Waals surface area (Å²) in [5, 5.41) is 0. The zero-order chi connectivity index (χ0) is 6.97. The van der Waals surface area contributed by atoms with Crippen molar-refractivity contribution in [2.24, 2.45) is 0 Å². The molecule has 1 nitrogen and oxygen atoms in total. The lowest BCUT2D eigenvalue weighted by molar-refractivity contribution is 0.694. The second kappa shape index (κ2) is 2.47.